The Hall–Kier alpha value is -2.10. The van der Waals surface area contributed by atoms with E-state index in [1.165, 1.54) is 5.56 Å². The highest BCUT2D eigenvalue weighted by molar-refractivity contribution is 5.94. The maximum absolute atomic E-state index is 12.4. The third-order valence-corrected chi connectivity index (χ3v) is 3.42. The molecule has 0 saturated carbocycles. The number of benzene rings is 1. The van der Waals surface area contributed by atoms with E-state index in [0.29, 0.717) is 12.1 Å². The van der Waals surface area contributed by atoms with Gasteiger partial charge in [0.15, 0.2) is 0 Å². The van der Waals surface area contributed by atoms with Crippen LogP contribution in [0.4, 0.5) is 0 Å². The Morgan fingerprint density at radius 1 is 1.24 bits per heavy atom. The summed E-state index contributed by atoms with van der Waals surface area (Å²) in [5.74, 6) is 0.733. The Morgan fingerprint density at radius 2 is 1.86 bits per heavy atom. The standard InChI is InChI=1S/C17H22N2O2/c1-12-10-15(18-21-12)11-19(5)16(20)13-6-8-14(9-7-13)17(2,3)4/h6-10H,11H2,1-5H3. The molecule has 0 fully saturated rings. The normalized spacial score (nSPS) is 11.5. The predicted octanol–water partition coefficient (Wildman–Crippen LogP) is 3.55. The first-order valence-corrected chi connectivity index (χ1v) is 7.05. The summed E-state index contributed by atoms with van der Waals surface area (Å²) in [7, 11) is 1.77. The third kappa shape index (κ3) is 3.72. The van der Waals surface area contributed by atoms with Crippen molar-refractivity contribution in [3.63, 3.8) is 0 Å². The summed E-state index contributed by atoms with van der Waals surface area (Å²) in [4.78, 5) is 14.0. The Morgan fingerprint density at radius 3 is 2.33 bits per heavy atom. The van der Waals surface area contributed by atoms with Gasteiger partial charge in [-0.15, -0.1) is 0 Å². The molecule has 0 aliphatic rings. The van der Waals surface area contributed by atoms with Crippen molar-refractivity contribution >= 4 is 5.91 Å². The summed E-state index contributed by atoms with van der Waals surface area (Å²) in [6.07, 6.45) is 0. The maximum Gasteiger partial charge on any atom is 0.253 e. The molecule has 0 unspecified atom stereocenters. The average molecular weight is 286 g/mol. The second-order valence-corrected chi connectivity index (χ2v) is 6.42. The van der Waals surface area contributed by atoms with E-state index in [-0.39, 0.29) is 11.3 Å². The van der Waals surface area contributed by atoms with E-state index in [0.717, 1.165) is 11.5 Å². The summed E-state index contributed by atoms with van der Waals surface area (Å²) in [5.41, 5.74) is 2.75. The fourth-order valence-electron chi connectivity index (χ4n) is 2.14. The molecule has 112 valence electrons. The molecule has 2 aromatic rings. The molecule has 2 rings (SSSR count). The Kier molecular flexibility index (Phi) is 4.16. The van der Waals surface area contributed by atoms with Crippen molar-refractivity contribution in [2.24, 2.45) is 0 Å². The largest absolute Gasteiger partial charge is 0.361 e. The van der Waals surface area contributed by atoms with Crippen molar-refractivity contribution in [3.8, 4) is 0 Å². The van der Waals surface area contributed by atoms with Gasteiger partial charge in [-0.05, 0) is 30.0 Å². The third-order valence-electron chi connectivity index (χ3n) is 3.42. The van der Waals surface area contributed by atoms with Crippen molar-refractivity contribution in [1.82, 2.24) is 10.1 Å². The van der Waals surface area contributed by atoms with Gasteiger partial charge >= 0.3 is 0 Å². The molecule has 21 heavy (non-hydrogen) atoms. The summed E-state index contributed by atoms with van der Waals surface area (Å²) >= 11 is 0. The van der Waals surface area contributed by atoms with Gasteiger partial charge in [-0.3, -0.25) is 4.79 Å². The van der Waals surface area contributed by atoms with Gasteiger partial charge in [-0.25, -0.2) is 0 Å². The number of aryl methyl sites for hydroxylation is 1. The van der Waals surface area contributed by atoms with Crippen molar-refractivity contribution in [2.45, 2.75) is 39.7 Å². The number of nitrogens with zero attached hydrogens (tertiary/aromatic N) is 2. The molecule has 0 radical (unpaired) electrons. The zero-order valence-corrected chi connectivity index (χ0v) is 13.3. The van der Waals surface area contributed by atoms with E-state index in [9.17, 15) is 4.79 Å². The van der Waals surface area contributed by atoms with Gasteiger partial charge in [0.1, 0.15) is 11.5 Å². The van der Waals surface area contributed by atoms with Crippen LogP contribution in [-0.2, 0) is 12.0 Å². The molecule has 1 heterocycles. The summed E-state index contributed by atoms with van der Waals surface area (Å²) in [6, 6.07) is 9.63. The SMILES string of the molecule is Cc1cc(CN(C)C(=O)c2ccc(C(C)(C)C)cc2)no1. The van der Waals surface area contributed by atoms with Crippen molar-refractivity contribution in [1.29, 1.82) is 0 Å². The first-order valence-electron chi connectivity index (χ1n) is 7.05. The van der Waals surface area contributed by atoms with Crippen molar-refractivity contribution in [3.05, 3.63) is 52.9 Å². The second kappa shape index (κ2) is 5.72. The molecular weight excluding hydrogens is 264 g/mol. The minimum atomic E-state index is -0.0175. The fourth-order valence-corrected chi connectivity index (χ4v) is 2.14. The molecule has 0 aliphatic carbocycles. The first kappa shape index (κ1) is 15.3. The Balaban J connectivity index is 2.08. The lowest BCUT2D eigenvalue weighted by atomic mass is 9.86. The summed E-state index contributed by atoms with van der Waals surface area (Å²) in [5, 5.41) is 3.91. The fraction of sp³-hybridized carbons (Fsp3) is 0.412. The van der Waals surface area contributed by atoms with Gasteiger partial charge < -0.3 is 9.42 Å². The number of carbonyl (C=O) groups excluding carboxylic acids is 1. The molecule has 1 aromatic heterocycles. The average Bonchev–Trinajstić information content (AvgIpc) is 2.82. The number of carbonyl (C=O) groups is 1. The Labute approximate surface area is 125 Å². The van der Waals surface area contributed by atoms with Crippen LogP contribution in [0.25, 0.3) is 0 Å². The molecule has 0 N–H and O–H groups in total. The monoisotopic (exact) mass is 286 g/mol. The highest BCUT2D eigenvalue weighted by Gasteiger charge is 2.16. The molecule has 4 heteroatoms. The van der Waals surface area contributed by atoms with E-state index >= 15 is 0 Å². The summed E-state index contributed by atoms with van der Waals surface area (Å²) in [6.45, 7) is 8.75. The van der Waals surface area contributed by atoms with Gasteiger partial charge in [-0.2, -0.15) is 0 Å². The van der Waals surface area contributed by atoms with Crippen molar-refractivity contribution < 1.29 is 9.32 Å². The molecule has 4 nitrogen and oxygen atoms in total. The van der Waals surface area contributed by atoms with E-state index in [2.05, 4.69) is 25.9 Å². The zero-order valence-electron chi connectivity index (χ0n) is 13.3. The topological polar surface area (TPSA) is 46.3 Å². The number of hydrogen-bond donors (Lipinski definition) is 0. The minimum Gasteiger partial charge on any atom is -0.361 e. The van der Waals surface area contributed by atoms with Gasteiger partial charge in [0.05, 0.1) is 6.54 Å². The quantitative estimate of drug-likeness (QED) is 0.866. The number of aromatic nitrogens is 1. The first-order chi connectivity index (χ1) is 9.77. The number of hydrogen-bond acceptors (Lipinski definition) is 3. The number of rotatable bonds is 3. The molecular formula is C17H22N2O2. The van der Waals surface area contributed by atoms with Crippen LogP contribution in [0.2, 0.25) is 0 Å². The van der Waals surface area contributed by atoms with Crippen molar-refractivity contribution in [2.75, 3.05) is 7.05 Å². The van der Waals surface area contributed by atoms with Crippen LogP contribution in [0.3, 0.4) is 0 Å². The zero-order chi connectivity index (χ0) is 15.6. The van der Waals surface area contributed by atoms with Crippen LogP contribution in [0.5, 0.6) is 0 Å². The lowest BCUT2D eigenvalue weighted by Gasteiger charge is -2.20. The molecule has 0 bridgehead atoms. The maximum atomic E-state index is 12.4. The number of amides is 1. The molecule has 0 atom stereocenters. The Bertz CT molecular complexity index is 621. The van der Waals surface area contributed by atoms with Gasteiger partial charge in [0.25, 0.3) is 5.91 Å². The van der Waals surface area contributed by atoms with Crippen LogP contribution in [-0.4, -0.2) is 23.0 Å². The molecule has 0 aliphatic heterocycles. The highest BCUT2D eigenvalue weighted by atomic mass is 16.5. The summed E-state index contributed by atoms with van der Waals surface area (Å²) < 4.78 is 5.02. The lowest BCUT2D eigenvalue weighted by Crippen LogP contribution is -2.26. The van der Waals surface area contributed by atoms with Gasteiger partial charge in [-0.1, -0.05) is 38.1 Å². The van der Waals surface area contributed by atoms with Crippen LogP contribution in [0.1, 0.15) is 48.1 Å². The minimum absolute atomic E-state index is 0.0175. The molecule has 0 spiro atoms. The van der Waals surface area contributed by atoms with E-state index < -0.39 is 0 Å². The second-order valence-electron chi connectivity index (χ2n) is 6.42. The van der Waals surface area contributed by atoms with Crippen LogP contribution in [0.15, 0.2) is 34.9 Å². The van der Waals surface area contributed by atoms with Crippen LogP contribution >= 0.6 is 0 Å². The van der Waals surface area contributed by atoms with E-state index in [4.69, 9.17) is 4.52 Å². The predicted molar refractivity (Wildman–Crippen MR) is 82.2 cm³/mol. The van der Waals surface area contributed by atoms with Gasteiger partial charge in [0, 0.05) is 18.7 Å². The van der Waals surface area contributed by atoms with Crippen LogP contribution < -0.4 is 0 Å². The van der Waals surface area contributed by atoms with Gasteiger partial charge in [0.2, 0.25) is 0 Å². The van der Waals surface area contributed by atoms with Crippen LogP contribution in [0, 0.1) is 6.92 Å². The smallest absolute Gasteiger partial charge is 0.253 e. The lowest BCUT2D eigenvalue weighted by molar-refractivity contribution is 0.0782. The van der Waals surface area contributed by atoms with E-state index in [1.54, 1.807) is 11.9 Å². The highest BCUT2D eigenvalue weighted by Crippen LogP contribution is 2.22. The molecule has 0 saturated heterocycles. The van der Waals surface area contributed by atoms with E-state index in [1.807, 2.05) is 37.3 Å². The molecule has 1 aromatic carbocycles. The molecule has 1 amide bonds.